The number of Topliss-reactive ketones (excluding diaryl/α,β-unsaturated/α-hetero) is 1. The normalized spacial score (nSPS) is 10.5. The van der Waals surface area contributed by atoms with Gasteiger partial charge in [-0.25, -0.2) is 4.98 Å². The maximum absolute atomic E-state index is 11.8. The van der Waals surface area contributed by atoms with E-state index in [4.69, 9.17) is 16.3 Å². The highest BCUT2D eigenvalue weighted by atomic mass is 35.5. The molecular weight excluding hydrogens is 286 g/mol. The van der Waals surface area contributed by atoms with Gasteiger partial charge in [-0.15, -0.1) is 0 Å². The third-order valence-corrected chi connectivity index (χ3v) is 3.86. The van der Waals surface area contributed by atoms with E-state index in [9.17, 15) is 4.79 Å². The third kappa shape index (κ3) is 3.24. The Balaban J connectivity index is 2.35. The van der Waals surface area contributed by atoms with Crippen LogP contribution in [0.1, 0.15) is 39.5 Å². The Bertz CT molecular complexity index is 695. The van der Waals surface area contributed by atoms with Crippen LogP contribution in [0.4, 0.5) is 0 Å². The lowest BCUT2D eigenvalue weighted by atomic mass is 9.92. The topological polar surface area (TPSA) is 39.2 Å². The van der Waals surface area contributed by atoms with Gasteiger partial charge in [0.1, 0.15) is 6.61 Å². The highest BCUT2D eigenvalue weighted by Crippen LogP contribution is 2.26. The summed E-state index contributed by atoms with van der Waals surface area (Å²) in [6.45, 7) is 7.89. The van der Waals surface area contributed by atoms with Crippen LogP contribution in [0, 0.1) is 20.8 Å². The number of halogens is 1. The first-order chi connectivity index (χ1) is 9.91. The van der Waals surface area contributed by atoms with Gasteiger partial charge in [-0.2, -0.15) is 0 Å². The van der Waals surface area contributed by atoms with E-state index in [-0.39, 0.29) is 5.78 Å². The molecule has 3 nitrogen and oxygen atoms in total. The summed E-state index contributed by atoms with van der Waals surface area (Å²) in [7, 11) is 0. The number of ketones is 1. The zero-order valence-electron chi connectivity index (χ0n) is 12.7. The van der Waals surface area contributed by atoms with Gasteiger partial charge in [-0.1, -0.05) is 17.7 Å². The number of ether oxygens (including phenoxy) is 1. The van der Waals surface area contributed by atoms with E-state index in [2.05, 4.69) is 4.98 Å². The van der Waals surface area contributed by atoms with Crippen molar-refractivity contribution in [2.24, 2.45) is 0 Å². The fraction of sp³-hybridized carbons (Fsp3) is 0.294. The second-order valence-corrected chi connectivity index (χ2v) is 5.48. The maximum Gasteiger partial charge on any atom is 0.171 e. The lowest BCUT2D eigenvalue weighted by molar-refractivity contribution is 0.101. The van der Waals surface area contributed by atoms with E-state index in [0.29, 0.717) is 17.5 Å². The maximum atomic E-state index is 11.8. The average Bonchev–Trinajstić information content (AvgIpc) is 2.39. The Labute approximate surface area is 129 Å². The van der Waals surface area contributed by atoms with Crippen LogP contribution in [0.3, 0.4) is 0 Å². The molecular formula is C17H18ClNO2. The van der Waals surface area contributed by atoms with Gasteiger partial charge in [-0.3, -0.25) is 4.79 Å². The first-order valence-corrected chi connectivity index (χ1v) is 7.13. The number of nitrogens with zero attached hydrogens (tertiary/aromatic N) is 1. The second-order valence-electron chi connectivity index (χ2n) is 5.13. The van der Waals surface area contributed by atoms with E-state index < -0.39 is 0 Å². The Kier molecular flexibility index (Phi) is 4.63. The monoisotopic (exact) mass is 303 g/mol. The standard InChI is InChI=1S/C17H18ClNO2/c1-10-8-11(2)16(13(4)20)12(3)14(10)9-21-15-6-5-7-19-17(15)18/h5-8H,9H2,1-4H3. The molecule has 0 atom stereocenters. The summed E-state index contributed by atoms with van der Waals surface area (Å²) in [5.74, 6) is 0.619. The molecule has 0 saturated heterocycles. The molecule has 0 spiro atoms. The van der Waals surface area contributed by atoms with Crippen LogP contribution in [0.5, 0.6) is 5.75 Å². The summed E-state index contributed by atoms with van der Waals surface area (Å²) in [5, 5.41) is 0.340. The van der Waals surface area contributed by atoms with Gasteiger partial charge < -0.3 is 4.74 Å². The predicted octanol–water partition coefficient (Wildman–Crippen LogP) is 4.44. The summed E-state index contributed by atoms with van der Waals surface area (Å²) in [5.41, 5.74) is 4.87. The third-order valence-electron chi connectivity index (χ3n) is 3.58. The van der Waals surface area contributed by atoms with Crippen molar-refractivity contribution in [3.05, 3.63) is 57.4 Å². The number of carbonyl (C=O) groups excluding carboxylic acids is 1. The SMILES string of the molecule is CC(=O)c1c(C)cc(C)c(COc2cccnc2Cl)c1C. The minimum atomic E-state index is 0.0747. The van der Waals surface area contributed by atoms with Gasteiger partial charge in [0.05, 0.1) is 0 Å². The van der Waals surface area contributed by atoms with Crippen molar-refractivity contribution in [3.8, 4) is 5.75 Å². The van der Waals surface area contributed by atoms with Crippen LogP contribution in [-0.2, 0) is 6.61 Å². The molecule has 0 N–H and O–H groups in total. The molecule has 0 aliphatic heterocycles. The van der Waals surface area contributed by atoms with Crippen LogP contribution in [0.2, 0.25) is 5.15 Å². The van der Waals surface area contributed by atoms with Gasteiger partial charge >= 0.3 is 0 Å². The van der Waals surface area contributed by atoms with Crippen molar-refractivity contribution in [2.45, 2.75) is 34.3 Å². The minimum Gasteiger partial charge on any atom is -0.486 e. The average molecular weight is 304 g/mol. The van der Waals surface area contributed by atoms with E-state index >= 15 is 0 Å². The van der Waals surface area contributed by atoms with E-state index in [1.807, 2.05) is 26.8 Å². The molecule has 1 heterocycles. The van der Waals surface area contributed by atoms with Crippen molar-refractivity contribution in [1.82, 2.24) is 4.98 Å². The van der Waals surface area contributed by atoms with Crippen molar-refractivity contribution in [3.63, 3.8) is 0 Å². The number of carbonyl (C=O) groups is 1. The number of aromatic nitrogens is 1. The molecule has 1 aromatic carbocycles. The smallest absolute Gasteiger partial charge is 0.171 e. The molecule has 0 unspecified atom stereocenters. The number of hydrogen-bond donors (Lipinski definition) is 0. The Morgan fingerprint density at radius 3 is 2.62 bits per heavy atom. The summed E-state index contributed by atoms with van der Waals surface area (Å²) in [6.07, 6.45) is 1.62. The predicted molar refractivity (Wildman–Crippen MR) is 84.2 cm³/mol. The largest absolute Gasteiger partial charge is 0.486 e. The minimum absolute atomic E-state index is 0.0747. The van der Waals surface area contributed by atoms with Crippen LogP contribution < -0.4 is 4.74 Å². The molecule has 0 fully saturated rings. The molecule has 2 rings (SSSR count). The summed E-state index contributed by atoms with van der Waals surface area (Å²) >= 11 is 5.99. The Hall–Kier alpha value is -1.87. The van der Waals surface area contributed by atoms with Crippen molar-refractivity contribution in [1.29, 1.82) is 0 Å². The quantitative estimate of drug-likeness (QED) is 0.619. The fourth-order valence-corrected chi connectivity index (χ4v) is 2.79. The molecule has 0 aliphatic rings. The van der Waals surface area contributed by atoms with Gasteiger partial charge in [0, 0.05) is 11.8 Å². The molecule has 2 aromatic rings. The van der Waals surface area contributed by atoms with Gasteiger partial charge in [0.2, 0.25) is 0 Å². The molecule has 0 amide bonds. The zero-order chi connectivity index (χ0) is 15.6. The number of benzene rings is 1. The molecule has 0 saturated carbocycles. The molecule has 1 aromatic heterocycles. The number of hydrogen-bond acceptors (Lipinski definition) is 3. The van der Waals surface area contributed by atoms with Gasteiger partial charge in [0.25, 0.3) is 0 Å². The first kappa shape index (κ1) is 15.5. The highest BCUT2D eigenvalue weighted by Gasteiger charge is 2.15. The lowest BCUT2D eigenvalue weighted by Gasteiger charge is -2.16. The van der Waals surface area contributed by atoms with Gasteiger partial charge in [0.15, 0.2) is 16.7 Å². The molecule has 110 valence electrons. The van der Waals surface area contributed by atoms with E-state index in [0.717, 1.165) is 27.8 Å². The van der Waals surface area contributed by atoms with Crippen LogP contribution >= 0.6 is 11.6 Å². The van der Waals surface area contributed by atoms with Crippen molar-refractivity contribution >= 4 is 17.4 Å². The number of pyridine rings is 1. The first-order valence-electron chi connectivity index (χ1n) is 6.75. The summed E-state index contributed by atoms with van der Waals surface area (Å²) < 4.78 is 5.75. The molecule has 21 heavy (non-hydrogen) atoms. The highest BCUT2D eigenvalue weighted by molar-refractivity contribution is 6.30. The number of rotatable bonds is 4. The fourth-order valence-electron chi connectivity index (χ4n) is 2.62. The number of aryl methyl sites for hydroxylation is 2. The molecule has 0 radical (unpaired) electrons. The van der Waals surface area contributed by atoms with Crippen LogP contribution in [-0.4, -0.2) is 10.8 Å². The van der Waals surface area contributed by atoms with E-state index in [1.54, 1.807) is 25.3 Å². The van der Waals surface area contributed by atoms with Crippen molar-refractivity contribution in [2.75, 3.05) is 0 Å². The summed E-state index contributed by atoms with van der Waals surface area (Å²) in [4.78, 5) is 15.8. The zero-order valence-corrected chi connectivity index (χ0v) is 13.4. The lowest BCUT2D eigenvalue weighted by Crippen LogP contribution is -2.08. The van der Waals surface area contributed by atoms with E-state index in [1.165, 1.54) is 0 Å². The molecule has 0 aliphatic carbocycles. The molecule has 4 heteroatoms. The van der Waals surface area contributed by atoms with Gasteiger partial charge in [-0.05, 0) is 62.1 Å². The van der Waals surface area contributed by atoms with Crippen molar-refractivity contribution < 1.29 is 9.53 Å². The summed E-state index contributed by atoms with van der Waals surface area (Å²) in [6, 6.07) is 5.57. The Morgan fingerprint density at radius 1 is 1.29 bits per heavy atom. The van der Waals surface area contributed by atoms with Crippen LogP contribution in [0.25, 0.3) is 0 Å². The Morgan fingerprint density at radius 2 is 2.00 bits per heavy atom. The molecule has 0 bridgehead atoms. The van der Waals surface area contributed by atoms with Crippen LogP contribution in [0.15, 0.2) is 24.4 Å². The second kappa shape index (κ2) is 6.27.